The van der Waals surface area contributed by atoms with Gasteiger partial charge in [-0.05, 0) is 19.8 Å². The zero-order valence-electron chi connectivity index (χ0n) is 10.5. The second-order valence-electron chi connectivity index (χ2n) is 5.14. The third kappa shape index (κ3) is 2.95. The summed E-state index contributed by atoms with van der Waals surface area (Å²) in [4.78, 5) is 12.4. The van der Waals surface area contributed by atoms with Gasteiger partial charge in [0.1, 0.15) is 0 Å². The highest BCUT2D eigenvalue weighted by atomic mass is 16.1. The van der Waals surface area contributed by atoms with Crippen molar-refractivity contribution in [1.29, 1.82) is 0 Å². The number of benzene rings is 1. The molecule has 2 nitrogen and oxygen atoms in total. The van der Waals surface area contributed by atoms with Gasteiger partial charge in [0.2, 0.25) is 0 Å². The summed E-state index contributed by atoms with van der Waals surface area (Å²) in [6.45, 7) is 2.03. The minimum absolute atomic E-state index is 0.0280. The Morgan fingerprint density at radius 1 is 1.12 bits per heavy atom. The van der Waals surface area contributed by atoms with Gasteiger partial charge in [0, 0.05) is 17.5 Å². The monoisotopic (exact) mass is 231 g/mol. The number of hydrogen-bond acceptors (Lipinski definition) is 2. The molecule has 1 aromatic carbocycles. The molecule has 1 aliphatic rings. The maximum Gasteiger partial charge on any atom is 0.167 e. The molecule has 0 radical (unpaired) electrons. The van der Waals surface area contributed by atoms with Crippen molar-refractivity contribution < 1.29 is 4.79 Å². The van der Waals surface area contributed by atoms with Crippen molar-refractivity contribution in [3.63, 3.8) is 0 Å². The van der Waals surface area contributed by atoms with Crippen molar-refractivity contribution in [2.75, 3.05) is 0 Å². The number of carbonyl (C=O) groups excluding carboxylic acids is 1. The fourth-order valence-electron chi connectivity index (χ4n) is 2.59. The van der Waals surface area contributed by atoms with Crippen LogP contribution < -0.4 is 5.73 Å². The molecule has 1 aromatic rings. The van der Waals surface area contributed by atoms with Gasteiger partial charge < -0.3 is 5.73 Å². The van der Waals surface area contributed by atoms with E-state index in [2.05, 4.69) is 0 Å². The molecule has 2 unspecified atom stereocenters. The first kappa shape index (κ1) is 12.3. The lowest BCUT2D eigenvalue weighted by Crippen LogP contribution is -2.34. The van der Waals surface area contributed by atoms with E-state index in [4.69, 9.17) is 5.73 Å². The van der Waals surface area contributed by atoms with Gasteiger partial charge in [0.15, 0.2) is 5.78 Å². The minimum Gasteiger partial charge on any atom is -0.327 e. The molecule has 0 saturated heterocycles. The van der Waals surface area contributed by atoms with E-state index in [0.29, 0.717) is 0 Å². The van der Waals surface area contributed by atoms with Gasteiger partial charge in [-0.3, -0.25) is 4.79 Å². The molecular formula is C15H21NO. The van der Waals surface area contributed by atoms with E-state index in [-0.39, 0.29) is 17.7 Å². The van der Waals surface area contributed by atoms with Crippen LogP contribution in [0.3, 0.4) is 0 Å². The number of aryl methyl sites for hydroxylation is 1. The maximum absolute atomic E-state index is 12.4. The summed E-state index contributed by atoms with van der Waals surface area (Å²) in [5.41, 5.74) is 8.13. The molecule has 1 aliphatic carbocycles. The Hall–Kier alpha value is -1.15. The Labute approximate surface area is 103 Å². The van der Waals surface area contributed by atoms with Gasteiger partial charge in [0.25, 0.3) is 0 Å². The van der Waals surface area contributed by atoms with Gasteiger partial charge >= 0.3 is 0 Å². The molecule has 2 heteroatoms. The highest BCUT2D eigenvalue weighted by Crippen LogP contribution is 2.25. The zero-order valence-corrected chi connectivity index (χ0v) is 10.5. The molecule has 0 aromatic heterocycles. The van der Waals surface area contributed by atoms with Crippen LogP contribution in [0.2, 0.25) is 0 Å². The van der Waals surface area contributed by atoms with E-state index < -0.39 is 0 Å². The fraction of sp³-hybridized carbons (Fsp3) is 0.533. The number of Topliss-reactive ketones (excluding diaryl/α,β-unsaturated/α-hetero) is 1. The molecule has 1 fully saturated rings. The van der Waals surface area contributed by atoms with Crippen LogP contribution in [0.1, 0.15) is 48.0 Å². The summed E-state index contributed by atoms with van der Waals surface area (Å²) in [5.74, 6) is 0.264. The normalized spacial score (nSPS) is 25.3. The lowest BCUT2D eigenvalue weighted by Gasteiger charge is -2.20. The third-order valence-corrected chi connectivity index (χ3v) is 3.74. The SMILES string of the molecule is Cc1ccc(C(=O)C2CCCCCC2N)cc1. The molecule has 2 atom stereocenters. The van der Waals surface area contributed by atoms with Gasteiger partial charge in [0.05, 0.1) is 0 Å². The molecule has 2 N–H and O–H groups in total. The van der Waals surface area contributed by atoms with Crippen molar-refractivity contribution in [2.45, 2.75) is 45.1 Å². The first-order valence-corrected chi connectivity index (χ1v) is 6.55. The Morgan fingerprint density at radius 3 is 2.47 bits per heavy atom. The minimum atomic E-state index is 0.0280. The van der Waals surface area contributed by atoms with E-state index in [9.17, 15) is 4.79 Å². The average molecular weight is 231 g/mol. The predicted octanol–water partition coefficient (Wildman–Crippen LogP) is 3.09. The van der Waals surface area contributed by atoms with Crippen molar-refractivity contribution in [3.05, 3.63) is 35.4 Å². The second kappa shape index (κ2) is 5.46. The molecule has 0 amide bonds. The van der Waals surface area contributed by atoms with Crippen LogP contribution in [0, 0.1) is 12.8 Å². The molecule has 17 heavy (non-hydrogen) atoms. The Morgan fingerprint density at radius 2 is 1.76 bits per heavy atom. The van der Waals surface area contributed by atoms with E-state index in [1.165, 1.54) is 18.4 Å². The van der Waals surface area contributed by atoms with Gasteiger partial charge in [-0.2, -0.15) is 0 Å². The Bertz CT molecular complexity index is 382. The summed E-state index contributed by atoms with van der Waals surface area (Å²) in [6, 6.07) is 7.89. The lowest BCUT2D eigenvalue weighted by molar-refractivity contribution is 0.0895. The molecular weight excluding hydrogens is 210 g/mol. The molecule has 0 heterocycles. The first-order valence-electron chi connectivity index (χ1n) is 6.55. The van der Waals surface area contributed by atoms with Gasteiger partial charge in [-0.25, -0.2) is 0 Å². The van der Waals surface area contributed by atoms with E-state index in [1.807, 2.05) is 31.2 Å². The highest BCUT2D eigenvalue weighted by Gasteiger charge is 2.27. The van der Waals surface area contributed by atoms with Crippen LogP contribution in [0.25, 0.3) is 0 Å². The topological polar surface area (TPSA) is 43.1 Å². The molecule has 2 rings (SSSR count). The van der Waals surface area contributed by atoms with Crippen molar-refractivity contribution in [2.24, 2.45) is 11.7 Å². The van der Waals surface area contributed by atoms with Gasteiger partial charge in [-0.1, -0.05) is 49.1 Å². The van der Waals surface area contributed by atoms with Gasteiger partial charge in [-0.15, -0.1) is 0 Å². The van der Waals surface area contributed by atoms with Crippen LogP contribution >= 0.6 is 0 Å². The molecule has 92 valence electrons. The summed E-state index contributed by atoms with van der Waals surface area (Å²) < 4.78 is 0. The van der Waals surface area contributed by atoms with Crippen LogP contribution in [-0.2, 0) is 0 Å². The van der Waals surface area contributed by atoms with E-state index in [1.54, 1.807) is 0 Å². The molecule has 0 spiro atoms. The number of carbonyl (C=O) groups is 1. The summed E-state index contributed by atoms with van der Waals surface area (Å²) >= 11 is 0. The number of hydrogen-bond donors (Lipinski definition) is 1. The Balaban J connectivity index is 2.15. The predicted molar refractivity (Wildman–Crippen MR) is 70.1 cm³/mol. The molecule has 0 bridgehead atoms. The lowest BCUT2D eigenvalue weighted by atomic mass is 9.87. The second-order valence-corrected chi connectivity index (χ2v) is 5.14. The molecule has 1 saturated carbocycles. The Kier molecular flexibility index (Phi) is 3.95. The third-order valence-electron chi connectivity index (χ3n) is 3.74. The van der Waals surface area contributed by atoms with Crippen molar-refractivity contribution in [3.8, 4) is 0 Å². The molecule has 0 aliphatic heterocycles. The van der Waals surface area contributed by atoms with Crippen LogP contribution in [0.5, 0.6) is 0 Å². The van der Waals surface area contributed by atoms with E-state index >= 15 is 0 Å². The van der Waals surface area contributed by atoms with Crippen LogP contribution in [0.15, 0.2) is 24.3 Å². The number of rotatable bonds is 2. The average Bonchev–Trinajstić information content (AvgIpc) is 2.54. The zero-order chi connectivity index (χ0) is 12.3. The number of nitrogens with two attached hydrogens (primary N) is 1. The fourth-order valence-corrected chi connectivity index (χ4v) is 2.59. The van der Waals surface area contributed by atoms with Crippen molar-refractivity contribution >= 4 is 5.78 Å². The quantitative estimate of drug-likeness (QED) is 0.628. The van der Waals surface area contributed by atoms with Crippen molar-refractivity contribution in [1.82, 2.24) is 0 Å². The summed E-state index contributed by atoms with van der Waals surface area (Å²) in [6.07, 6.45) is 5.45. The van der Waals surface area contributed by atoms with Crippen LogP contribution in [0.4, 0.5) is 0 Å². The van der Waals surface area contributed by atoms with E-state index in [0.717, 1.165) is 24.8 Å². The summed E-state index contributed by atoms with van der Waals surface area (Å²) in [7, 11) is 0. The first-order chi connectivity index (χ1) is 8.18. The standard InChI is InChI=1S/C15H21NO/c1-11-7-9-12(10-8-11)15(17)13-5-3-2-4-6-14(13)16/h7-10,13-14H,2-6,16H2,1H3. The van der Waals surface area contributed by atoms with Crippen LogP contribution in [-0.4, -0.2) is 11.8 Å². The highest BCUT2D eigenvalue weighted by molar-refractivity contribution is 5.98. The number of ketones is 1. The smallest absolute Gasteiger partial charge is 0.167 e. The summed E-state index contributed by atoms with van der Waals surface area (Å²) in [5, 5.41) is 0. The largest absolute Gasteiger partial charge is 0.327 e. The maximum atomic E-state index is 12.4.